The Balaban J connectivity index is 2.68. The van der Waals surface area contributed by atoms with Crippen LogP contribution in [-0.4, -0.2) is 10.2 Å². The first-order valence-electron chi connectivity index (χ1n) is 4.56. The van der Waals surface area contributed by atoms with Crippen LogP contribution < -0.4 is 0 Å². The zero-order valence-electron chi connectivity index (χ0n) is 8.11. The SMILES string of the molecule is Oc1ccc(Cl)c(O)c1-c1cccc(F)c1. The predicted octanol–water partition coefficient (Wildman–Crippen LogP) is 3.56. The van der Waals surface area contributed by atoms with Gasteiger partial charge in [-0.1, -0.05) is 23.7 Å². The lowest BCUT2D eigenvalue weighted by Gasteiger charge is -2.08. The van der Waals surface area contributed by atoms with E-state index in [2.05, 4.69) is 0 Å². The molecule has 2 aromatic rings. The molecule has 2 N–H and O–H groups in total. The first-order valence-corrected chi connectivity index (χ1v) is 4.94. The predicted molar refractivity (Wildman–Crippen MR) is 60.2 cm³/mol. The average Bonchev–Trinajstić information content (AvgIpc) is 2.24. The van der Waals surface area contributed by atoms with Gasteiger partial charge in [-0.25, -0.2) is 4.39 Å². The molecule has 0 saturated carbocycles. The van der Waals surface area contributed by atoms with Crippen molar-refractivity contribution in [3.63, 3.8) is 0 Å². The van der Waals surface area contributed by atoms with Crippen molar-refractivity contribution in [1.82, 2.24) is 0 Å². The van der Waals surface area contributed by atoms with Crippen molar-refractivity contribution in [1.29, 1.82) is 0 Å². The third kappa shape index (κ3) is 1.82. The maximum atomic E-state index is 13.0. The molecule has 2 nitrogen and oxygen atoms in total. The molecule has 2 rings (SSSR count). The summed E-state index contributed by atoms with van der Waals surface area (Å²) < 4.78 is 13.0. The van der Waals surface area contributed by atoms with Crippen molar-refractivity contribution in [3.05, 3.63) is 47.2 Å². The van der Waals surface area contributed by atoms with Gasteiger partial charge in [0.2, 0.25) is 0 Å². The highest BCUT2D eigenvalue weighted by Crippen LogP contribution is 2.41. The molecular weight excluding hydrogens is 231 g/mol. The number of aromatic hydroxyl groups is 2. The van der Waals surface area contributed by atoms with Crippen LogP contribution in [0.3, 0.4) is 0 Å². The zero-order valence-corrected chi connectivity index (χ0v) is 8.87. The number of hydrogen-bond donors (Lipinski definition) is 2. The van der Waals surface area contributed by atoms with E-state index in [0.717, 1.165) is 0 Å². The molecule has 0 aliphatic carbocycles. The molecule has 4 heteroatoms. The number of rotatable bonds is 1. The Hall–Kier alpha value is -1.74. The largest absolute Gasteiger partial charge is 0.507 e. The average molecular weight is 239 g/mol. The van der Waals surface area contributed by atoms with Gasteiger partial charge >= 0.3 is 0 Å². The van der Waals surface area contributed by atoms with Gasteiger partial charge in [-0.2, -0.15) is 0 Å². The Morgan fingerprint density at radius 2 is 1.81 bits per heavy atom. The smallest absolute Gasteiger partial charge is 0.145 e. The minimum Gasteiger partial charge on any atom is -0.507 e. The van der Waals surface area contributed by atoms with Gasteiger partial charge in [0.15, 0.2) is 0 Å². The summed E-state index contributed by atoms with van der Waals surface area (Å²) in [5.74, 6) is -0.851. The number of hydrogen-bond acceptors (Lipinski definition) is 2. The fourth-order valence-corrected chi connectivity index (χ4v) is 1.64. The highest BCUT2D eigenvalue weighted by molar-refractivity contribution is 6.32. The maximum absolute atomic E-state index is 13.0. The van der Waals surface area contributed by atoms with E-state index in [1.165, 1.54) is 30.3 Å². The van der Waals surface area contributed by atoms with Crippen LogP contribution in [0.4, 0.5) is 4.39 Å². The highest BCUT2D eigenvalue weighted by Gasteiger charge is 2.13. The first-order chi connectivity index (χ1) is 7.59. The van der Waals surface area contributed by atoms with Crippen molar-refractivity contribution in [2.45, 2.75) is 0 Å². The summed E-state index contributed by atoms with van der Waals surface area (Å²) >= 11 is 5.72. The lowest BCUT2D eigenvalue weighted by Crippen LogP contribution is -1.83. The molecule has 16 heavy (non-hydrogen) atoms. The van der Waals surface area contributed by atoms with Gasteiger partial charge < -0.3 is 10.2 Å². The number of benzene rings is 2. The van der Waals surface area contributed by atoms with Gasteiger partial charge in [0.1, 0.15) is 17.3 Å². The zero-order chi connectivity index (χ0) is 11.7. The lowest BCUT2D eigenvalue weighted by molar-refractivity contribution is 0.454. The summed E-state index contributed by atoms with van der Waals surface area (Å²) in [5.41, 5.74) is 0.504. The molecule has 0 aliphatic heterocycles. The Bertz CT molecular complexity index is 541. The van der Waals surface area contributed by atoms with Crippen LogP contribution in [0, 0.1) is 5.82 Å². The van der Waals surface area contributed by atoms with E-state index in [9.17, 15) is 14.6 Å². The summed E-state index contributed by atoms with van der Waals surface area (Å²) in [6, 6.07) is 8.28. The van der Waals surface area contributed by atoms with E-state index in [1.807, 2.05) is 0 Å². The van der Waals surface area contributed by atoms with Gasteiger partial charge in [0.25, 0.3) is 0 Å². The van der Waals surface area contributed by atoms with Crippen molar-refractivity contribution >= 4 is 11.6 Å². The molecule has 0 spiro atoms. The fraction of sp³-hybridized carbons (Fsp3) is 0. The van der Waals surface area contributed by atoms with Gasteiger partial charge in [-0.3, -0.25) is 0 Å². The Labute approximate surface area is 96.5 Å². The molecule has 2 aromatic carbocycles. The van der Waals surface area contributed by atoms with Crippen LogP contribution in [-0.2, 0) is 0 Å². The molecule has 0 radical (unpaired) electrons. The van der Waals surface area contributed by atoms with Crippen LogP contribution in [0.25, 0.3) is 11.1 Å². The molecule has 0 aliphatic rings. The van der Waals surface area contributed by atoms with E-state index in [4.69, 9.17) is 11.6 Å². The topological polar surface area (TPSA) is 40.5 Å². The summed E-state index contributed by atoms with van der Waals surface area (Å²) in [5, 5.41) is 19.4. The Morgan fingerprint density at radius 3 is 2.50 bits per heavy atom. The molecule has 0 amide bonds. The number of phenols is 2. The maximum Gasteiger partial charge on any atom is 0.145 e. The van der Waals surface area contributed by atoms with Crippen LogP contribution in [0.1, 0.15) is 0 Å². The van der Waals surface area contributed by atoms with Gasteiger partial charge in [-0.05, 0) is 29.8 Å². The second kappa shape index (κ2) is 4.02. The summed E-state index contributed by atoms with van der Waals surface area (Å²) in [6.07, 6.45) is 0. The fourth-order valence-electron chi connectivity index (χ4n) is 1.48. The monoisotopic (exact) mass is 238 g/mol. The van der Waals surface area contributed by atoms with E-state index in [1.54, 1.807) is 6.07 Å². The van der Waals surface area contributed by atoms with Crippen molar-refractivity contribution in [3.8, 4) is 22.6 Å². The second-order valence-electron chi connectivity index (χ2n) is 3.30. The van der Waals surface area contributed by atoms with Crippen molar-refractivity contribution < 1.29 is 14.6 Å². The third-order valence-corrected chi connectivity index (χ3v) is 2.52. The van der Waals surface area contributed by atoms with E-state index < -0.39 is 5.82 Å². The molecule has 0 heterocycles. The Morgan fingerprint density at radius 1 is 1.06 bits per heavy atom. The van der Waals surface area contributed by atoms with Crippen molar-refractivity contribution in [2.24, 2.45) is 0 Å². The lowest BCUT2D eigenvalue weighted by atomic mass is 10.0. The minimum absolute atomic E-state index is 0.108. The Kier molecular flexibility index (Phi) is 2.71. The number of phenolic OH excluding ortho intramolecular Hbond substituents is 2. The second-order valence-corrected chi connectivity index (χ2v) is 3.71. The van der Waals surface area contributed by atoms with Gasteiger partial charge in [0.05, 0.1) is 10.6 Å². The molecule has 0 bridgehead atoms. The van der Waals surface area contributed by atoms with Crippen molar-refractivity contribution in [2.75, 3.05) is 0 Å². The molecular formula is C12H8ClFO2. The van der Waals surface area contributed by atoms with Crippen LogP contribution in [0.5, 0.6) is 11.5 Å². The third-order valence-electron chi connectivity index (χ3n) is 2.22. The quantitative estimate of drug-likeness (QED) is 0.798. The number of halogens is 2. The summed E-state index contributed by atoms with van der Waals surface area (Å²) in [6.45, 7) is 0. The van der Waals surface area contributed by atoms with Gasteiger partial charge in [-0.15, -0.1) is 0 Å². The van der Waals surface area contributed by atoms with E-state index in [-0.39, 0.29) is 22.1 Å². The summed E-state index contributed by atoms with van der Waals surface area (Å²) in [7, 11) is 0. The molecule has 82 valence electrons. The van der Waals surface area contributed by atoms with Gasteiger partial charge in [0, 0.05) is 0 Å². The van der Waals surface area contributed by atoms with Crippen LogP contribution in [0.15, 0.2) is 36.4 Å². The van der Waals surface area contributed by atoms with E-state index >= 15 is 0 Å². The molecule has 0 aromatic heterocycles. The summed E-state index contributed by atoms with van der Waals surface area (Å²) in [4.78, 5) is 0. The minimum atomic E-state index is -0.448. The molecule has 0 atom stereocenters. The normalized spacial score (nSPS) is 10.4. The van der Waals surface area contributed by atoms with Crippen LogP contribution in [0.2, 0.25) is 5.02 Å². The van der Waals surface area contributed by atoms with E-state index in [0.29, 0.717) is 5.56 Å². The molecule has 0 fully saturated rings. The molecule has 0 saturated heterocycles. The highest BCUT2D eigenvalue weighted by atomic mass is 35.5. The molecule has 0 unspecified atom stereocenters. The first kappa shape index (κ1) is 10.8. The van der Waals surface area contributed by atoms with Crippen LogP contribution >= 0.6 is 11.6 Å². The standard InChI is InChI=1S/C12H8ClFO2/c13-9-4-5-10(15)11(12(9)16)7-2-1-3-8(14)6-7/h1-6,15-16H.